The van der Waals surface area contributed by atoms with Gasteiger partial charge in [-0.15, -0.1) is 0 Å². The molecule has 27 heavy (non-hydrogen) atoms. The highest BCUT2D eigenvalue weighted by Crippen LogP contribution is 2.38. The Morgan fingerprint density at radius 3 is 2.48 bits per heavy atom. The average molecular weight is 399 g/mol. The van der Waals surface area contributed by atoms with E-state index < -0.39 is 39.9 Å². The minimum absolute atomic E-state index is 0.357. The van der Waals surface area contributed by atoms with Crippen molar-refractivity contribution in [2.45, 2.75) is 52.1 Å². The van der Waals surface area contributed by atoms with Gasteiger partial charge in [0.1, 0.15) is 18.0 Å². The van der Waals surface area contributed by atoms with Crippen LogP contribution < -0.4 is 9.03 Å². The molecule has 0 spiro atoms. The summed E-state index contributed by atoms with van der Waals surface area (Å²) in [4.78, 5) is 13.5. The first-order valence-corrected chi connectivity index (χ1v) is 10.5. The second-order valence-corrected chi connectivity index (χ2v) is 9.89. The van der Waals surface area contributed by atoms with E-state index in [9.17, 15) is 22.7 Å². The number of anilines is 1. The lowest BCUT2D eigenvalue weighted by molar-refractivity contribution is -0.117. The highest BCUT2D eigenvalue weighted by molar-refractivity contribution is 7.92. The minimum Gasteiger partial charge on any atom is -0.506 e. The molecule has 0 radical (unpaired) electrons. The third-order valence-corrected chi connectivity index (χ3v) is 6.91. The van der Waals surface area contributed by atoms with Gasteiger partial charge in [-0.3, -0.25) is 9.69 Å². The molecule has 1 aliphatic heterocycles. The largest absolute Gasteiger partial charge is 0.506 e. The summed E-state index contributed by atoms with van der Waals surface area (Å²) in [7, 11) is -2.20. The van der Waals surface area contributed by atoms with Crippen LogP contribution in [0.5, 0.6) is 5.75 Å². The summed E-state index contributed by atoms with van der Waals surface area (Å²) < 4.78 is 40.7. The fourth-order valence-corrected chi connectivity index (χ4v) is 5.04. The van der Waals surface area contributed by atoms with Crippen LogP contribution in [0.1, 0.15) is 45.1 Å². The van der Waals surface area contributed by atoms with Crippen molar-refractivity contribution in [3.05, 3.63) is 23.5 Å². The van der Waals surface area contributed by atoms with Crippen molar-refractivity contribution < 1.29 is 22.7 Å². The Bertz CT molecular complexity index is 823. The van der Waals surface area contributed by atoms with E-state index in [4.69, 9.17) is 0 Å². The third-order valence-electron chi connectivity index (χ3n) is 5.54. The van der Waals surface area contributed by atoms with E-state index >= 15 is 0 Å². The van der Waals surface area contributed by atoms with Crippen molar-refractivity contribution in [1.29, 1.82) is 0 Å². The van der Waals surface area contributed by atoms with Gasteiger partial charge in [0, 0.05) is 12.6 Å². The van der Waals surface area contributed by atoms with Crippen molar-refractivity contribution in [2.24, 2.45) is 5.41 Å². The van der Waals surface area contributed by atoms with Gasteiger partial charge in [-0.1, -0.05) is 13.8 Å². The minimum atomic E-state index is -4.18. The Hall–Kier alpha value is -1.87. The second-order valence-electron chi connectivity index (χ2n) is 8.29. The number of rotatable bonds is 4. The number of carbonyl (C=O) groups is 1. The molecule has 1 aromatic rings. The van der Waals surface area contributed by atoms with Crippen molar-refractivity contribution in [3.8, 4) is 5.75 Å². The van der Waals surface area contributed by atoms with Crippen molar-refractivity contribution in [1.82, 2.24) is 9.62 Å². The van der Waals surface area contributed by atoms with Gasteiger partial charge in [0.15, 0.2) is 5.82 Å². The first kappa shape index (κ1) is 19.9. The van der Waals surface area contributed by atoms with Crippen molar-refractivity contribution in [2.75, 3.05) is 17.9 Å². The molecule has 2 fully saturated rings. The molecule has 0 aromatic heterocycles. The third kappa shape index (κ3) is 4.19. The number of aromatic hydroxyl groups is 1. The van der Waals surface area contributed by atoms with E-state index in [0.717, 1.165) is 25.7 Å². The molecule has 150 valence electrons. The summed E-state index contributed by atoms with van der Waals surface area (Å²) in [6, 6.07) is 2.97. The van der Waals surface area contributed by atoms with Crippen molar-refractivity contribution >= 4 is 21.8 Å². The molecular formula is C18H26FN3O4S. The number of carbonyl (C=O) groups excluding carboxylic acids is 1. The number of nitrogens with zero attached hydrogens (tertiary/aromatic N) is 2. The standard InChI is InChI=1S/C18H26FN3O4S/c1-18(2)6-4-13(5-7-18)21(3)10-12-8-14(19)17(15(23)9-12)22-11-16(24)20-27(22,25)26/h8-9,13,23H,4-7,10-11H2,1-3H3,(H,20,24). The van der Waals surface area contributed by atoms with Gasteiger partial charge in [-0.05, 0) is 55.8 Å². The van der Waals surface area contributed by atoms with Gasteiger partial charge < -0.3 is 5.11 Å². The predicted octanol–water partition coefficient (Wildman–Crippen LogP) is 2.11. The molecule has 1 aromatic carbocycles. The lowest BCUT2D eigenvalue weighted by Crippen LogP contribution is -2.36. The molecule has 3 rings (SSSR count). The van der Waals surface area contributed by atoms with Crippen LogP contribution in [-0.4, -0.2) is 44.0 Å². The number of halogens is 1. The van der Waals surface area contributed by atoms with Gasteiger partial charge in [0.05, 0.1) is 0 Å². The van der Waals surface area contributed by atoms with Gasteiger partial charge in [0.2, 0.25) is 0 Å². The first-order valence-electron chi connectivity index (χ1n) is 9.03. The van der Waals surface area contributed by atoms with E-state index in [1.807, 2.05) is 7.05 Å². The summed E-state index contributed by atoms with van der Waals surface area (Å²) >= 11 is 0. The molecule has 2 aliphatic rings. The van der Waals surface area contributed by atoms with Crippen molar-refractivity contribution in [3.63, 3.8) is 0 Å². The normalized spacial score (nSPS) is 22.3. The maximum Gasteiger partial charge on any atom is 0.326 e. The van der Waals surface area contributed by atoms with Crippen LogP contribution in [0.2, 0.25) is 0 Å². The maximum absolute atomic E-state index is 14.6. The topological polar surface area (TPSA) is 89.9 Å². The van der Waals surface area contributed by atoms with E-state index in [1.54, 1.807) is 4.72 Å². The Balaban J connectivity index is 1.76. The predicted molar refractivity (Wildman–Crippen MR) is 100.0 cm³/mol. The Kier molecular flexibility index (Phi) is 5.11. The van der Waals surface area contributed by atoms with Crippen LogP contribution in [-0.2, 0) is 21.5 Å². The molecule has 1 saturated heterocycles. The molecule has 1 saturated carbocycles. The molecule has 1 amide bonds. The van der Waals surface area contributed by atoms with Crippen LogP contribution in [0.15, 0.2) is 12.1 Å². The Labute approximate surface area is 159 Å². The molecule has 1 heterocycles. The zero-order valence-corrected chi connectivity index (χ0v) is 16.6. The lowest BCUT2D eigenvalue weighted by atomic mass is 9.75. The number of nitrogens with one attached hydrogen (secondary N) is 1. The molecule has 0 bridgehead atoms. The fraction of sp³-hybridized carbons (Fsp3) is 0.611. The maximum atomic E-state index is 14.6. The van der Waals surface area contributed by atoms with Gasteiger partial charge >= 0.3 is 10.2 Å². The quantitative estimate of drug-likeness (QED) is 0.809. The summed E-state index contributed by atoms with van der Waals surface area (Å²) in [5.74, 6) is -2.13. The number of hydrogen-bond acceptors (Lipinski definition) is 5. The van der Waals surface area contributed by atoms with E-state index in [-0.39, 0.29) is 0 Å². The van der Waals surface area contributed by atoms with Gasteiger partial charge in [-0.25, -0.2) is 13.4 Å². The van der Waals surface area contributed by atoms with E-state index in [2.05, 4.69) is 18.7 Å². The average Bonchev–Trinajstić information content (AvgIpc) is 2.79. The number of benzene rings is 1. The van der Waals surface area contributed by atoms with E-state index in [0.29, 0.717) is 27.9 Å². The van der Waals surface area contributed by atoms with Crippen LogP contribution in [0.25, 0.3) is 0 Å². The highest BCUT2D eigenvalue weighted by atomic mass is 32.2. The smallest absolute Gasteiger partial charge is 0.326 e. The molecule has 0 atom stereocenters. The molecule has 7 nitrogen and oxygen atoms in total. The second kappa shape index (κ2) is 6.94. The fourth-order valence-electron chi connectivity index (χ4n) is 3.87. The highest BCUT2D eigenvalue weighted by Gasteiger charge is 2.37. The first-order chi connectivity index (χ1) is 12.5. The van der Waals surface area contributed by atoms with Crippen LogP contribution in [0.4, 0.5) is 10.1 Å². The molecule has 0 unspecified atom stereocenters. The summed E-state index contributed by atoms with van der Waals surface area (Å²) in [5.41, 5.74) is 0.409. The number of hydrogen-bond donors (Lipinski definition) is 2. The van der Waals surface area contributed by atoms with E-state index in [1.165, 1.54) is 12.1 Å². The van der Waals surface area contributed by atoms with Gasteiger partial charge in [0.25, 0.3) is 5.91 Å². The Morgan fingerprint density at radius 1 is 1.33 bits per heavy atom. The van der Waals surface area contributed by atoms with Crippen LogP contribution in [0, 0.1) is 11.2 Å². The molecule has 1 aliphatic carbocycles. The summed E-state index contributed by atoms with van der Waals surface area (Å²) in [6.45, 7) is 4.42. The summed E-state index contributed by atoms with van der Waals surface area (Å²) in [5, 5.41) is 10.2. The number of amides is 1. The van der Waals surface area contributed by atoms with Crippen LogP contribution in [0.3, 0.4) is 0 Å². The number of phenols is 1. The molecule has 9 heteroatoms. The monoisotopic (exact) mass is 399 g/mol. The zero-order valence-electron chi connectivity index (χ0n) is 15.8. The summed E-state index contributed by atoms with van der Waals surface area (Å²) in [6.07, 6.45) is 4.40. The molecular weight excluding hydrogens is 373 g/mol. The van der Waals surface area contributed by atoms with Gasteiger partial charge in [-0.2, -0.15) is 8.42 Å². The van der Waals surface area contributed by atoms with Crippen LogP contribution >= 0.6 is 0 Å². The lowest BCUT2D eigenvalue weighted by Gasteiger charge is -2.38. The zero-order chi connectivity index (χ0) is 20.0. The Morgan fingerprint density at radius 2 is 1.96 bits per heavy atom. The number of phenolic OH excluding ortho intramolecular Hbond substituents is 1. The SMILES string of the molecule is CN(Cc1cc(O)c(N2CC(=O)NS2(=O)=O)c(F)c1)C1CCC(C)(C)CC1. The molecule has 2 N–H and O–H groups in total.